The lowest BCUT2D eigenvalue weighted by molar-refractivity contribution is 0.0953. The number of sulfone groups is 1. The Balaban J connectivity index is 2.01. The molecule has 0 radical (unpaired) electrons. The average molecular weight is 346 g/mol. The molecule has 0 heterocycles. The van der Waals surface area contributed by atoms with Gasteiger partial charge in [-0.2, -0.15) is 0 Å². The number of carbonyl (C=O) groups is 1. The highest BCUT2D eigenvalue weighted by Gasteiger charge is 2.16. The molecule has 2 rings (SSSR count). The lowest BCUT2D eigenvalue weighted by atomic mass is 10.2. The number of carbonyl (C=O) groups excluding carboxylic acids is 1. The van der Waals surface area contributed by atoms with Crippen LogP contribution in [-0.4, -0.2) is 34.5 Å². The van der Waals surface area contributed by atoms with E-state index in [0.29, 0.717) is 12.1 Å². The number of hydrogen-bond acceptors (Lipinski definition) is 4. The Bertz CT molecular complexity index is 757. The van der Waals surface area contributed by atoms with Crippen LogP contribution in [-0.2, 0) is 15.6 Å². The van der Waals surface area contributed by atoms with E-state index in [-0.39, 0.29) is 16.6 Å². The number of nitrogens with one attached hydrogen (secondary N) is 2. The van der Waals surface area contributed by atoms with Crippen molar-refractivity contribution in [2.45, 2.75) is 17.1 Å². The van der Waals surface area contributed by atoms with Crippen LogP contribution in [0, 0.1) is 0 Å². The monoisotopic (exact) mass is 346 g/mol. The fraction of sp³-hybridized carbons (Fsp3) is 0.278. The molecule has 0 fully saturated rings. The Morgan fingerprint density at radius 2 is 1.62 bits per heavy atom. The second-order valence-electron chi connectivity index (χ2n) is 5.48. The van der Waals surface area contributed by atoms with Crippen molar-refractivity contribution >= 4 is 15.7 Å². The maximum atomic E-state index is 12.4. The van der Waals surface area contributed by atoms with Gasteiger partial charge in [-0.25, -0.2) is 8.42 Å². The summed E-state index contributed by atoms with van der Waals surface area (Å²) in [5.41, 5.74) is 1.20. The molecule has 0 aliphatic rings. The van der Waals surface area contributed by atoms with E-state index in [9.17, 15) is 13.2 Å². The molecule has 0 saturated carbocycles. The molecule has 0 aromatic heterocycles. The van der Waals surface area contributed by atoms with Crippen molar-refractivity contribution in [1.29, 1.82) is 0 Å². The zero-order valence-corrected chi connectivity index (χ0v) is 14.5. The van der Waals surface area contributed by atoms with E-state index < -0.39 is 9.84 Å². The quantitative estimate of drug-likeness (QED) is 0.717. The molecule has 0 aliphatic heterocycles. The van der Waals surface area contributed by atoms with Crippen LogP contribution in [0.2, 0.25) is 0 Å². The van der Waals surface area contributed by atoms with Gasteiger partial charge in [-0.15, -0.1) is 0 Å². The molecule has 1 amide bonds. The third kappa shape index (κ3) is 5.18. The van der Waals surface area contributed by atoms with E-state index in [1.165, 1.54) is 12.1 Å². The van der Waals surface area contributed by atoms with Crippen LogP contribution in [0.15, 0.2) is 59.5 Å². The van der Waals surface area contributed by atoms with Gasteiger partial charge in [0.05, 0.1) is 10.6 Å². The first-order valence-electron chi connectivity index (χ1n) is 7.82. The summed E-state index contributed by atoms with van der Waals surface area (Å²) in [5.74, 6) is -0.248. The first kappa shape index (κ1) is 18.2. The summed E-state index contributed by atoms with van der Waals surface area (Å²) in [6, 6.07) is 15.1. The minimum absolute atomic E-state index is 0.0522. The predicted octanol–water partition coefficient (Wildman–Crippen LogP) is 2.00. The molecular weight excluding hydrogens is 324 g/mol. The first-order valence-corrected chi connectivity index (χ1v) is 9.48. The molecule has 6 heteroatoms. The van der Waals surface area contributed by atoms with Crippen molar-refractivity contribution in [3.8, 4) is 0 Å². The SMILES string of the molecule is CNCCCNC(=O)c1ccc(S(=O)(=O)Cc2ccccc2)cc1. The van der Waals surface area contributed by atoms with Crippen molar-refractivity contribution in [1.82, 2.24) is 10.6 Å². The Kier molecular flexibility index (Phi) is 6.52. The molecule has 0 bridgehead atoms. The summed E-state index contributed by atoms with van der Waals surface area (Å²) in [4.78, 5) is 12.2. The van der Waals surface area contributed by atoms with E-state index in [1.54, 1.807) is 24.3 Å². The second-order valence-corrected chi connectivity index (χ2v) is 7.47. The van der Waals surface area contributed by atoms with Crippen molar-refractivity contribution in [3.05, 3.63) is 65.7 Å². The Labute approximate surface area is 143 Å². The highest BCUT2D eigenvalue weighted by atomic mass is 32.2. The summed E-state index contributed by atoms with van der Waals surface area (Å²) < 4.78 is 24.8. The topological polar surface area (TPSA) is 75.3 Å². The van der Waals surface area contributed by atoms with Gasteiger partial charge in [0.15, 0.2) is 9.84 Å². The van der Waals surface area contributed by atoms with E-state index in [2.05, 4.69) is 10.6 Å². The Morgan fingerprint density at radius 1 is 0.958 bits per heavy atom. The zero-order chi connectivity index (χ0) is 17.4. The molecule has 0 saturated heterocycles. The highest BCUT2D eigenvalue weighted by Crippen LogP contribution is 2.17. The van der Waals surface area contributed by atoms with Crippen molar-refractivity contribution in [2.24, 2.45) is 0 Å². The van der Waals surface area contributed by atoms with Gasteiger partial charge in [0.2, 0.25) is 0 Å². The van der Waals surface area contributed by atoms with Crippen LogP contribution >= 0.6 is 0 Å². The van der Waals surface area contributed by atoms with E-state index >= 15 is 0 Å². The number of benzene rings is 2. The number of rotatable bonds is 8. The first-order chi connectivity index (χ1) is 11.5. The summed E-state index contributed by atoms with van der Waals surface area (Å²) in [6.45, 7) is 1.41. The Morgan fingerprint density at radius 3 is 2.25 bits per heavy atom. The predicted molar refractivity (Wildman–Crippen MR) is 94.7 cm³/mol. The van der Waals surface area contributed by atoms with Gasteiger partial charge < -0.3 is 10.6 Å². The molecule has 2 N–H and O–H groups in total. The van der Waals surface area contributed by atoms with Crippen LogP contribution in [0.25, 0.3) is 0 Å². The van der Waals surface area contributed by atoms with Crippen molar-refractivity contribution in [2.75, 3.05) is 20.1 Å². The summed E-state index contributed by atoms with van der Waals surface area (Å²) in [5, 5.41) is 5.81. The average Bonchev–Trinajstić information content (AvgIpc) is 2.59. The van der Waals surface area contributed by atoms with Crippen molar-refractivity contribution < 1.29 is 13.2 Å². The van der Waals surface area contributed by atoms with E-state index in [0.717, 1.165) is 18.5 Å². The van der Waals surface area contributed by atoms with Gasteiger partial charge in [0, 0.05) is 12.1 Å². The maximum absolute atomic E-state index is 12.4. The van der Waals surface area contributed by atoms with Crippen LogP contribution in [0.1, 0.15) is 22.3 Å². The lowest BCUT2D eigenvalue weighted by Crippen LogP contribution is -2.26. The molecule has 24 heavy (non-hydrogen) atoms. The minimum Gasteiger partial charge on any atom is -0.352 e. The third-order valence-corrected chi connectivity index (χ3v) is 5.27. The van der Waals surface area contributed by atoms with E-state index in [1.807, 2.05) is 25.2 Å². The van der Waals surface area contributed by atoms with Crippen LogP contribution in [0.5, 0.6) is 0 Å². The van der Waals surface area contributed by atoms with Crippen molar-refractivity contribution in [3.63, 3.8) is 0 Å². The van der Waals surface area contributed by atoms with Gasteiger partial charge in [0.1, 0.15) is 0 Å². The maximum Gasteiger partial charge on any atom is 0.251 e. The third-order valence-electron chi connectivity index (χ3n) is 3.56. The highest BCUT2D eigenvalue weighted by molar-refractivity contribution is 7.90. The number of hydrogen-bond donors (Lipinski definition) is 2. The number of amides is 1. The van der Waals surface area contributed by atoms with Gasteiger partial charge >= 0.3 is 0 Å². The standard InChI is InChI=1S/C18H22N2O3S/c1-19-12-5-13-20-18(21)16-8-10-17(11-9-16)24(22,23)14-15-6-3-2-4-7-15/h2-4,6-11,19H,5,12-14H2,1H3,(H,20,21). The van der Waals surface area contributed by atoms with Gasteiger partial charge in [-0.3, -0.25) is 4.79 Å². The molecular formula is C18H22N2O3S. The molecule has 128 valence electrons. The smallest absolute Gasteiger partial charge is 0.251 e. The molecule has 0 unspecified atom stereocenters. The molecule has 0 spiro atoms. The zero-order valence-electron chi connectivity index (χ0n) is 13.7. The van der Waals surface area contributed by atoms with Crippen LogP contribution in [0.4, 0.5) is 0 Å². The lowest BCUT2D eigenvalue weighted by Gasteiger charge is -2.07. The summed E-state index contributed by atoms with van der Waals surface area (Å²) in [7, 11) is -1.56. The van der Waals surface area contributed by atoms with Crippen LogP contribution in [0.3, 0.4) is 0 Å². The minimum atomic E-state index is -3.42. The fourth-order valence-electron chi connectivity index (χ4n) is 2.26. The normalized spacial score (nSPS) is 11.2. The van der Waals surface area contributed by atoms with E-state index in [4.69, 9.17) is 0 Å². The van der Waals surface area contributed by atoms with Gasteiger partial charge in [0.25, 0.3) is 5.91 Å². The molecule has 0 aliphatic carbocycles. The largest absolute Gasteiger partial charge is 0.352 e. The molecule has 2 aromatic carbocycles. The van der Waals surface area contributed by atoms with Gasteiger partial charge in [-0.05, 0) is 49.8 Å². The molecule has 2 aromatic rings. The van der Waals surface area contributed by atoms with Gasteiger partial charge in [-0.1, -0.05) is 30.3 Å². The summed E-state index contributed by atoms with van der Waals surface area (Å²) in [6.07, 6.45) is 0.839. The second kappa shape index (κ2) is 8.61. The summed E-state index contributed by atoms with van der Waals surface area (Å²) >= 11 is 0. The molecule has 5 nitrogen and oxygen atoms in total. The Hall–Kier alpha value is -2.18. The molecule has 0 atom stereocenters. The fourth-order valence-corrected chi connectivity index (χ4v) is 3.61. The van der Waals surface area contributed by atoms with Crippen LogP contribution < -0.4 is 10.6 Å².